The zero-order valence-corrected chi connectivity index (χ0v) is 18.3. The highest BCUT2D eigenvalue weighted by Crippen LogP contribution is 2.38. The summed E-state index contributed by atoms with van der Waals surface area (Å²) in [4.78, 5) is 31.9. The number of benzene rings is 1. The van der Waals surface area contributed by atoms with Crippen molar-refractivity contribution in [2.24, 2.45) is 0 Å². The quantitative estimate of drug-likeness (QED) is 0.749. The summed E-state index contributed by atoms with van der Waals surface area (Å²) < 4.78 is 13.9. The normalized spacial score (nSPS) is 22.1. The van der Waals surface area contributed by atoms with E-state index in [4.69, 9.17) is 0 Å². The first kappa shape index (κ1) is 21.0. The Morgan fingerprint density at radius 1 is 1.20 bits per heavy atom. The standard InChI is InChI=1S/C23H28FN3O2S/c1-16-15-26(11-12-27(16)17(2)28)22(29)7-10-25-9-6-21-20(8-13-30-21)23(25)18-4-3-5-19(24)14-18/h3-5,8,13-14,16,23H,6-7,9-12,15H2,1-2H3/t16-,23-/m0/s1. The minimum Gasteiger partial charge on any atom is -0.339 e. The Morgan fingerprint density at radius 3 is 2.77 bits per heavy atom. The van der Waals surface area contributed by atoms with Crippen molar-refractivity contribution in [2.45, 2.75) is 38.8 Å². The van der Waals surface area contributed by atoms with E-state index < -0.39 is 0 Å². The molecule has 160 valence electrons. The topological polar surface area (TPSA) is 43.9 Å². The molecule has 7 heteroatoms. The molecule has 2 amide bonds. The third-order valence-corrected chi connectivity index (χ3v) is 7.22. The van der Waals surface area contributed by atoms with Gasteiger partial charge in [-0.05, 0) is 48.1 Å². The summed E-state index contributed by atoms with van der Waals surface area (Å²) in [5.74, 6) is -0.0465. The van der Waals surface area contributed by atoms with Gasteiger partial charge in [-0.25, -0.2) is 4.39 Å². The van der Waals surface area contributed by atoms with Gasteiger partial charge in [-0.3, -0.25) is 14.5 Å². The van der Waals surface area contributed by atoms with Crippen LogP contribution in [0.4, 0.5) is 4.39 Å². The zero-order valence-electron chi connectivity index (χ0n) is 17.5. The third-order valence-electron chi connectivity index (χ3n) is 6.23. The van der Waals surface area contributed by atoms with Crippen molar-refractivity contribution >= 4 is 23.2 Å². The Kier molecular flexibility index (Phi) is 6.20. The molecule has 1 aromatic heterocycles. The molecule has 0 aliphatic carbocycles. The highest BCUT2D eigenvalue weighted by atomic mass is 32.1. The predicted octanol–water partition coefficient (Wildman–Crippen LogP) is 3.30. The zero-order chi connectivity index (χ0) is 21.3. The molecule has 5 nitrogen and oxygen atoms in total. The number of hydrogen-bond donors (Lipinski definition) is 0. The Bertz CT molecular complexity index is 931. The number of rotatable bonds is 4. The molecule has 2 aliphatic rings. The fraction of sp³-hybridized carbons (Fsp3) is 0.478. The fourth-order valence-electron chi connectivity index (χ4n) is 4.73. The van der Waals surface area contributed by atoms with Crippen LogP contribution < -0.4 is 0 Å². The summed E-state index contributed by atoms with van der Waals surface area (Å²) in [7, 11) is 0. The number of halogens is 1. The van der Waals surface area contributed by atoms with Gasteiger partial charge in [0.2, 0.25) is 11.8 Å². The largest absolute Gasteiger partial charge is 0.339 e. The van der Waals surface area contributed by atoms with Gasteiger partial charge in [-0.1, -0.05) is 12.1 Å². The Balaban J connectivity index is 1.45. The Hall–Kier alpha value is -2.25. The molecule has 2 aliphatic heterocycles. The maximum Gasteiger partial charge on any atom is 0.223 e. The number of piperazine rings is 1. The van der Waals surface area contributed by atoms with Crippen LogP contribution in [0.1, 0.15) is 42.3 Å². The molecular weight excluding hydrogens is 401 g/mol. The highest BCUT2D eigenvalue weighted by molar-refractivity contribution is 7.10. The second-order valence-corrected chi connectivity index (χ2v) is 9.19. The molecule has 0 saturated carbocycles. The van der Waals surface area contributed by atoms with Gasteiger partial charge < -0.3 is 9.80 Å². The number of hydrogen-bond acceptors (Lipinski definition) is 4. The van der Waals surface area contributed by atoms with E-state index in [-0.39, 0.29) is 29.7 Å². The third kappa shape index (κ3) is 4.27. The van der Waals surface area contributed by atoms with Gasteiger partial charge >= 0.3 is 0 Å². The summed E-state index contributed by atoms with van der Waals surface area (Å²) in [6.45, 7) is 6.83. The molecule has 1 aromatic carbocycles. The van der Waals surface area contributed by atoms with E-state index >= 15 is 0 Å². The van der Waals surface area contributed by atoms with Crippen molar-refractivity contribution in [1.29, 1.82) is 0 Å². The maximum atomic E-state index is 13.9. The van der Waals surface area contributed by atoms with Gasteiger partial charge in [0.05, 0.1) is 6.04 Å². The summed E-state index contributed by atoms with van der Waals surface area (Å²) in [6, 6.07) is 8.96. The van der Waals surface area contributed by atoms with Crippen LogP contribution in [0.3, 0.4) is 0 Å². The van der Waals surface area contributed by atoms with Crippen molar-refractivity contribution in [3.8, 4) is 0 Å². The van der Waals surface area contributed by atoms with Gasteiger partial charge in [0.25, 0.3) is 0 Å². The predicted molar refractivity (Wildman–Crippen MR) is 116 cm³/mol. The highest BCUT2D eigenvalue weighted by Gasteiger charge is 2.32. The van der Waals surface area contributed by atoms with E-state index in [9.17, 15) is 14.0 Å². The van der Waals surface area contributed by atoms with E-state index in [1.165, 1.54) is 16.5 Å². The first-order chi connectivity index (χ1) is 14.4. The number of fused-ring (bicyclic) bond motifs is 1. The smallest absolute Gasteiger partial charge is 0.223 e. The molecule has 0 bridgehead atoms. The Labute approximate surface area is 181 Å². The van der Waals surface area contributed by atoms with Crippen LogP contribution in [-0.4, -0.2) is 65.3 Å². The van der Waals surface area contributed by atoms with Gasteiger partial charge in [-0.15, -0.1) is 11.3 Å². The molecule has 2 atom stereocenters. The average molecular weight is 430 g/mol. The summed E-state index contributed by atoms with van der Waals surface area (Å²) in [5, 5.41) is 2.10. The molecule has 0 unspecified atom stereocenters. The summed E-state index contributed by atoms with van der Waals surface area (Å²) in [5.41, 5.74) is 2.17. The molecule has 0 spiro atoms. The molecule has 0 radical (unpaired) electrons. The molecule has 1 fully saturated rings. The van der Waals surface area contributed by atoms with Gasteiger partial charge in [-0.2, -0.15) is 0 Å². The van der Waals surface area contributed by atoms with Gasteiger partial charge in [0.15, 0.2) is 0 Å². The average Bonchev–Trinajstić information content (AvgIpc) is 3.20. The van der Waals surface area contributed by atoms with Crippen LogP contribution in [0.5, 0.6) is 0 Å². The van der Waals surface area contributed by atoms with E-state index in [0.717, 1.165) is 18.5 Å². The van der Waals surface area contributed by atoms with Crippen LogP contribution in [0.2, 0.25) is 0 Å². The van der Waals surface area contributed by atoms with E-state index in [2.05, 4.69) is 16.3 Å². The van der Waals surface area contributed by atoms with Crippen molar-refractivity contribution in [3.05, 3.63) is 57.5 Å². The molecular formula is C23H28FN3O2S. The molecule has 30 heavy (non-hydrogen) atoms. The van der Waals surface area contributed by atoms with Crippen LogP contribution in [0.15, 0.2) is 35.7 Å². The molecule has 2 aromatic rings. The van der Waals surface area contributed by atoms with Crippen LogP contribution >= 0.6 is 11.3 Å². The lowest BCUT2D eigenvalue weighted by Crippen LogP contribution is -2.55. The van der Waals surface area contributed by atoms with Crippen molar-refractivity contribution < 1.29 is 14.0 Å². The van der Waals surface area contributed by atoms with Crippen LogP contribution in [0.25, 0.3) is 0 Å². The number of amides is 2. The van der Waals surface area contributed by atoms with E-state index in [1.54, 1.807) is 30.4 Å². The summed E-state index contributed by atoms with van der Waals surface area (Å²) in [6.07, 6.45) is 1.39. The molecule has 1 saturated heterocycles. The van der Waals surface area contributed by atoms with Crippen LogP contribution in [-0.2, 0) is 16.0 Å². The lowest BCUT2D eigenvalue weighted by molar-refractivity contribution is -0.141. The number of thiophene rings is 1. The number of carbonyl (C=O) groups is 2. The van der Waals surface area contributed by atoms with Gasteiger partial charge in [0, 0.05) is 57.0 Å². The fourth-order valence-corrected chi connectivity index (χ4v) is 5.63. The minimum atomic E-state index is -0.233. The second-order valence-electron chi connectivity index (χ2n) is 8.19. The summed E-state index contributed by atoms with van der Waals surface area (Å²) >= 11 is 1.75. The lowest BCUT2D eigenvalue weighted by atomic mass is 9.93. The van der Waals surface area contributed by atoms with Gasteiger partial charge in [0.1, 0.15) is 5.82 Å². The molecule has 3 heterocycles. The lowest BCUT2D eigenvalue weighted by Gasteiger charge is -2.40. The molecule has 0 N–H and O–H groups in total. The maximum absolute atomic E-state index is 13.9. The SMILES string of the molecule is CC(=O)N1CCN(C(=O)CCN2CCc3sccc3[C@@H]2c2cccc(F)c2)C[C@@H]1C. The van der Waals surface area contributed by atoms with Crippen molar-refractivity contribution in [2.75, 3.05) is 32.7 Å². The molecule has 4 rings (SSSR count). The Morgan fingerprint density at radius 2 is 2.03 bits per heavy atom. The second kappa shape index (κ2) is 8.86. The monoisotopic (exact) mass is 429 g/mol. The minimum absolute atomic E-state index is 0.0167. The number of carbonyl (C=O) groups excluding carboxylic acids is 2. The number of nitrogens with zero attached hydrogens (tertiary/aromatic N) is 3. The first-order valence-corrected chi connectivity index (χ1v) is 11.4. The van der Waals surface area contributed by atoms with Crippen molar-refractivity contribution in [1.82, 2.24) is 14.7 Å². The van der Waals surface area contributed by atoms with E-state index in [0.29, 0.717) is 32.6 Å². The van der Waals surface area contributed by atoms with E-state index in [1.807, 2.05) is 22.8 Å². The van der Waals surface area contributed by atoms with Crippen LogP contribution in [0, 0.1) is 5.82 Å². The first-order valence-electron chi connectivity index (χ1n) is 10.5. The van der Waals surface area contributed by atoms with Crippen molar-refractivity contribution in [3.63, 3.8) is 0 Å².